The van der Waals surface area contributed by atoms with Crippen LogP contribution in [0.3, 0.4) is 0 Å². The minimum absolute atomic E-state index is 0.263. The molecule has 1 N–H and O–H groups in total. The van der Waals surface area contributed by atoms with Crippen LogP contribution in [0.15, 0.2) is 65.6 Å². The van der Waals surface area contributed by atoms with Gasteiger partial charge in [0.25, 0.3) is 0 Å². The number of hydrogen-bond acceptors (Lipinski definition) is 4. The summed E-state index contributed by atoms with van der Waals surface area (Å²) in [6.07, 6.45) is 0.733. The van der Waals surface area contributed by atoms with Crippen LogP contribution in [0.2, 0.25) is 10.0 Å². The smallest absolute Gasteiger partial charge is 0.321 e. The second kappa shape index (κ2) is 10.5. The number of amides is 2. The average Bonchev–Trinajstić information content (AvgIpc) is 2.84. The van der Waals surface area contributed by atoms with Crippen LogP contribution < -0.4 is 10.1 Å². The van der Waals surface area contributed by atoms with Crippen molar-refractivity contribution in [1.82, 2.24) is 4.90 Å². The Bertz CT molecular complexity index is 1340. The standard InChI is InChI=1S/C26H26Cl2N2O4S/c1-17-3-10-25(34-2)24(15-17)29-26(31)30-13-11-21(12-14-30)35(32,33)20-7-4-18(5-8-20)22-9-6-19(27)16-23(22)28/h3-10,15-16,21H,11-14H2,1-2H3,(H,29,31). The van der Waals surface area contributed by atoms with E-state index in [1.165, 1.54) is 0 Å². The molecule has 4 rings (SSSR count). The zero-order chi connectivity index (χ0) is 25.2. The molecule has 0 aromatic heterocycles. The van der Waals surface area contributed by atoms with Gasteiger partial charge in [0, 0.05) is 28.7 Å². The van der Waals surface area contributed by atoms with Gasteiger partial charge in [0.1, 0.15) is 5.75 Å². The molecule has 1 aliphatic rings. The number of hydrogen-bond donors (Lipinski definition) is 1. The van der Waals surface area contributed by atoms with E-state index in [1.54, 1.807) is 60.5 Å². The Morgan fingerprint density at radius 3 is 2.31 bits per heavy atom. The van der Waals surface area contributed by atoms with Crippen LogP contribution in [0, 0.1) is 6.92 Å². The van der Waals surface area contributed by atoms with Gasteiger partial charge in [0.15, 0.2) is 9.84 Å². The third-order valence-electron chi connectivity index (χ3n) is 6.19. The van der Waals surface area contributed by atoms with Crippen molar-refractivity contribution < 1.29 is 17.9 Å². The highest BCUT2D eigenvalue weighted by Gasteiger charge is 2.33. The highest BCUT2D eigenvalue weighted by molar-refractivity contribution is 7.92. The summed E-state index contributed by atoms with van der Waals surface area (Å²) in [7, 11) is -1.99. The van der Waals surface area contributed by atoms with Gasteiger partial charge >= 0.3 is 6.03 Å². The van der Waals surface area contributed by atoms with Crippen molar-refractivity contribution in [1.29, 1.82) is 0 Å². The van der Waals surface area contributed by atoms with Crippen LogP contribution in [0.4, 0.5) is 10.5 Å². The first kappa shape index (κ1) is 25.4. The highest BCUT2D eigenvalue weighted by atomic mass is 35.5. The van der Waals surface area contributed by atoms with Crippen molar-refractivity contribution in [2.45, 2.75) is 29.9 Å². The van der Waals surface area contributed by atoms with Crippen molar-refractivity contribution in [3.63, 3.8) is 0 Å². The van der Waals surface area contributed by atoms with Crippen molar-refractivity contribution in [3.8, 4) is 16.9 Å². The number of sulfone groups is 1. The van der Waals surface area contributed by atoms with Crippen molar-refractivity contribution in [3.05, 3.63) is 76.3 Å². The number of nitrogens with zero attached hydrogens (tertiary/aromatic N) is 1. The Kier molecular flexibility index (Phi) is 7.59. The summed E-state index contributed by atoms with van der Waals surface area (Å²) in [5.41, 5.74) is 3.18. The molecule has 0 saturated carbocycles. The molecule has 0 aliphatic carbocycles. The Labute approximate surface area is 215 Å². The van der Waals surface area contributed by atoms with E-state index in [9.17, 15) is 13.2 Å². The number of carbonyl (C=O) groups is 1. The van der Waals surface area contributed by atoms with Crippen LogP contribution in [0.1, 0.15) is 18.4 Å². The number of halogens is 2. The molecule has 0 atom stereocenters. The average molecular weight is 533 g/mol. The lowest BCUT2D eigenvalue weighted by atomic mass is 10.1. The lowest BCUT2D eigenvalue weighted by molar-refractivity contribution is 0.200. The maximum absolute atomic E-state index is 13.3. The number of carbonyl (C=O) groups excluding carboxylic acids is 1. The molecule has 0 unspecified atom stereocenters. The second-order valence-corrected chi connectivity index (χ2v) is 11.6. The number of likely N-dealkylation sites (tertiary alicyclic amines) is 1. The quantitative estimate of drug-likeness (QED) is 0.409. The molecule has 1 aliphatic heterocycles. The van der Waals surface area contributed by atoms with Crippen LogP contribution in [0.5, 0.6) is 5.75 Å². The summed E-state index contributed by atoms with van der Waals surface area (Å²) in [4.78, 5) is 14.7. The van der Waals surface area contributed by atoms with Gasteiger partial charge in [-0.1, -0.05) is 47.5 Å². The Hall–Kier alpha value is -2.74. The van der Waals surface area contributed by atoms with E-state index >= 15 is 0 Å². The van der Waals surface area contributed by atoms with Gasteiger partial charge in [-0.05, 0) is 67.3 Å². The summed E-state index contributed by atoms with van der Waals surface area (Å²) < 4.78 is 31.8. The van der Waals surface area contributed by atoms with E-state index in [1.807, 2.05) is 19.1 Å². The van der Waals surface area contributed by atoms with E-state index in [2.05, 4.69) is 5.32 Å². The van der Waals surface area contributed by atoms with E-state index in [4.69, 9.17) is 27.9 Å². The van der Waals surface area contributed by atoms with E-state index in [0.29, 0.717) is 47.4 Å². The third-order valence-corrected chi connectivity index (χ3v) is 9.02. The fourth-order valence-electron chi connectivity index (χ4n) is 4.22. The number of methoxy groups -OCH3 is 1. The fourth-order valence-corrected chi connectivity index (χ4v) is 6.47. The molecule has 3 aromatic rings. The van der Waals surface area contributed by atoms with Gasteiger partial charge in [-0.2, -0.15) is 0 Å². The maximum atomic E-state index is 13.3. The monoisotopic (exact) mass is 532 g/mol. The molecule has 1 heterocycles. The predicted octanol–water partition coefficient (Wildman–Crippen LogP) is 6.45. The first-order chi connectivity index (χ1) is 16.7. The lowest BCUT2D eigenvalue weighted by Gasteiger charge is -2.32. The molecule has 1 fully saturated rings. The number of benzene rings is 3. The minimum Gasteiger partial charge on any atom is -0.495 e. The van der Waals surface area contributed by atoms with Crippen molar-refractivity contribution in [2.24, 2.45) is 0 Å². The number of nitrogens with one attached hydrogen (secondary N) is 1. The first-order valence-electron chi connectivity index (χ1n) is 11.2. The largest absolute Gasteiger partial charge is 0.495 e. The van der Waals surface area contributed by atoms with Gasteiger partial charge in [-0.3, -0.25) is 0 Å². The zero-order valence-corrected chi connectivity index (χ0v) is 21.8. The first-order valence-corrected chi connectivity index (χ1v) is 13.5. The Balaban J connectivity index is 1.41. The number of rotatable bonds is 5. The molecule has 3 aromatic carbocycles. The maximum Gasteiger partial charge on any atom is 0.321 e. The summed E-state index contributed by atoms with van der Waals surface area (Å²) >= 11 is 12.3. The van der Waals surface area contributed by atoms with Gasteiger partial charge in [-0.25, -0.2) is 13.2 Å². The normalized spacial score (nSPS) is 14.6. The SMILES string of the molecule is COc1ccc(C)cc1NC(=O)N1CCC(S(=O)(=O)c2ccc(-c3ccc(Cl)cc3Cl)cc2)CC1. The fraction of sp³-hybridized carbons (Fsp3) is 0.269. The topological polar surface area (TPSA) is 75.7 Å². The minimum atomic E-state index is -3.53. The van der Waals surface area contributed by atoms with Crippen LogP contribution in [0.25, 0.3) is 11.1 Å². The summed E-state index contributed by atoms with van der Waals surface area (Å²) in [5.74, 6) is 0.574. The Morgan fingerprint density at radius 2 is 1.69 bits per heavy atom. The van der Waals surface area contributed by atoms with Gasteiger partial charge in [0.05, 0.1) is 22.9 Å². The molecule has 1 saturated heterocycles. The molecule has 6 nitrogen and oxygen atoms in total. The number of piperidine rings is 1. The lowest BCUT2D eigenvalue weighted by Crippen LogP contribution is -2.44. The van der Waals surface area contributed by atoms with Crippen LogP contribution in [-0.4, -0.2) is 44.8 Å². The summed E-state index contributed by atoms with van der Waals surface area (Å²) in [5, 5.41) is 3.37. The summed E-state index contributed by atoms with van der Waals surface area (Å²) in [6, 6.07) is 17.2. The molecular weight excluding hydrogens is 507 g/mol. The van der Waals surface area contributed by atoms with Gasteiger partial charge in [-0.15, -0.1) is 0 Å². The van der Waals surface area contributed by atoms with Gasteiger partial charge in [0.2, 0.25) is 0 Å². The van der Waals surface area contributed by atoms with E-state index in [-0.39, 0.29) is 10.9 Å². The third kappa shape index (κ3) is 5.58. The molecule has 184 valence electrons. The zero-order valence-electron chi connectivity index (χ0n) is 19.4. The Morgan fingerprint density at radius 1 is 1.00 bits per heavy atom. The molecule has 2 amide bonds. The van der Waals surface area contributed by atoms with E-state index in [0.717, 1.165) is 16.7 Å². The van der Waals surface area contributed by atoms with E-state index < -0.39 is 15.1 Å². The van der Waals surface area contributed by atoms with Gasteiger partial charge < -0.3 is 15.0 Å². The molecule has 35 heavy (non-hydrogen) atoms. The number of ether oxygens (including phenoxy) is 1. The number of urea groups is 1. The molecule has 0 radical (unpaired) electrons. The summed E-state index contributed by atoms with van der Waals surface area (Å²) in [6.45, 7) is 2.63. The second-order valence-electron chi connectivity index (χ2n) is 8.51. The number of anilines is 1. The van der Waals surface area contributed by atoms with Crippen molar-refractivity contribution >= 4 is 44.8 Å². The predicted molar refractivity (Wildman–Crippen MR) is 140 cm³/mol. The van der Waals surface area contributed by atoms with Crippen molar-refractivity contribution in [2.75, 3.05) is 25.5 Å². The molecular formula is C26H26Cl2N2O4S. The molecule has 0 bridgehead atoms. The molecule has 0 spiro atoms. The number of aryl methyl sites for hydroxylation is 1. The van der Waals surface area contributed by atoms with Crippen LogP contribution >= 0.6 is 23.2 Å². The van der Waals surface area contributed by atoms with Crippen LogP contribution in [-0.2, 0) is 9.84 Å². The highest BCUT2D eigenvalue weighted by Crippen LogP contribution is 2.32. The molecule has 9 heteroatoms.